The van der Waals surface area contributed by atoms with E-state index in [1.54, 1.807) is 25.3 Å². The van der Waals surface area contributed by atoms with Crippen LogP contribution in [0.2, 0.25) is 0 Å². The number of H-pyrrole nitrogens is 1. The average molecular weight is 440 g/mol. The van der Waals surface area contributed by atoms with Gasteiger partial charge in [-0.3, -0.25) is 0 Å². The Bertz CT molecular complexity index is 1520. The van der Waals surface area contributed by atoms with Gasteiger partial charge in [-0.2, -0.15) is 0 Å². The van der Waals surface area contributed by atoms with E-state index in [0.29, 0.717) is 12.5 Å². The molecule has 2 heterocycles. The summed E-state index contributed by atoms with van der Waals surface area (Å²) in [5.41, 5.74) is 6.62. The van der Waals surface area contributed by atoms with Crippen LogP contribution >= 0.6 is 0 Å². The molecule has 0 amide bonds. The summed E-state index contributed by atoms with van der Waals surface area (Å²) in [5, 5.41) is 11.9. The van der Waals surface area contributed by atoms with E-state index in [-0.39, 0.29) is 5.56 Å². The maximum Gasteiger partial charge on any atom is 0.335 e. The minimum Gasteiger partial charge on any atom is -0.478 e. The zero-order valence-electron chi connectivity index (χ0n) is 18.5. The molecule has 0 bridgehead atoms. The second-order valence-corrected chi connectivity index (χ2v) is 8.92. The van der Waals surface area contributed by atoms with Crippen molar-refractivity contribution in [2.75, 3.05) is 13.7 Å². The maximum atomic E-state index is 11.4. The maximum absolute atomic E-state index is 11.4. The number of nitrogens with zero attached hydrogens (tertiary/aromatic N) is 2. The predicted molar refractivity (Wildman–Crippen MR) is 130 cm³/mol. The molecule has 1 aliphatic rings. The number of carbonyl (C=O) groups is 1. The number of aromatic nitrogens is 3. The SMILES string of the molecule is COCCn1c2ccccc2c2c(CC3CC3)c(-c3nc4ccc(C(=O)O)cc4[nH]3)ccc21. The average Bonchev–Trinajstić information content (AvgIpc) is 3.44. The Hall–Kier alpha value is -3.64. The fourth-order valence-corrected chi connectivity index (χ4v) is 4.95. The fourth-order valence-electron chi connectivity index (χ4n) is 4.95. The van der Waals surface area contributed by atoms with Crippen LogP contribution in [-0.4, -0.2) is 39.3 Å². The van der Waals surface area contributed by atoms with E-state index < -0.39 is 5.97 Å². The minimum atomic E-state index is -0.937. The van der Waals surface area contributed by atoms with Gasteiger partial charge in [-0.05, 0) is 67.1 Å². The number of nitrogens with one attached hydrogen (secondary N) is 1. The first-order valence-corrected chi connectivity index (χ1v) is 11.4. The van der Waals surface area contributed by atoms with Crippen molar-refractivity contribution in [2.45, 2.75) is 25.8 Å². The number of carboxylic acids is 1. The van der Waals surface area contributed by atoms with Crippen LogP contribution in [0, 0.1) is 5.92 Å². The molecule has 5 aromatic rings. The molecular formula is C27H25N3O3. The molecule has 0 saturated heterocycles. The Morgan fingerprint density at radius 1 is 1.15 bits per heavy atom. The number of methoxy groups -OCH3 is 1. The lowest BCUT2D eigenvalue weighted by Gasteiger charge is -2.11. The molecule has 0 aliphatic heterocycles. The molecule has 1 fully saturated rings. The lowest BCUT2D eigenvalue weighted by molar-refractivity contribution is 0.0697. The van der Waals surface area contributed by atoms with Crippen LogP contribution in [0.25, 0.3) is 44.2 Å². The number of benzene rings is 3. The highest BCUT2D eigenvalue weighted by Crippen LogP contribution is 2.42. The summed E-state index contributed by atoms with van der Waals surface area (Å²) >= 11 is 0. The van der Waals surface area contributed by atoms with Crippen molar-refractivity contribution in [3.05, 3.63) is 65.7 Å². The smallest absolute Gasteiger partial charge is 0.335 e. The third kappa shape index (κ3) is 3.38. The molecule has 6 rings (SSSR count). The van der Waals surface area contributed by atoms with E-state index in [1.165, 1.54) is 40.2 Å². The van der Waals surface area contributed by atoms with Gasteiger partial charge in [-0.25, -0.2) is 9.78 Å². The van der Waals surface area contributed by atoms with Gasteiger partial charge in [-0.1, -0.05) is 18.2 Å². The summed E-state index contributed by atoms with van der Waals surface area (Å²) in [5.74, 6) is 0.560. The Kier molecular flexibility index (Phi) is 4.69. The normalized spacial score (nSPS) is 14.0. The Morgan fingerprint density at radius 3 is 2.79 bits per heavy atom. The molecule has 2 N–H and O–H groups in total. The Morgan fingerprint density at radius 2 is 2.00 bits per heavy atom. The van der Waals surface area contributed by atoms with Gasteiger partial charge in [0.2, 0.25) is 0 Å². The summed E-state index contributed by atoms with van der Waals surface area (Å²) in [7, 11) is 1.74. The van der Waals surface area contributed by atoms with E-state index >= 15 is 0 Å². The van der Waals surface area contributed by atoms with Crippen molar-refractivity contribution in [3.63, 3.8) is 0 Å². The molecule has 1 saturated carbocycles. The highest BCUT2D eigenvalue weighted by atomic mass is 16.5. The quantitative estimate of drug-likeness (QED) is 0.344. The number of carboxylic acid groups (broad SMARTS) is 1. The van der Waals surface area contributed by atoms with Crippen molar-refractivity contribution in [2.24, 2.45) is 5.92 Å². The van der Waals surface area contributed by atoms with E-state index in [2.05, 4.69) is 45.9 Å². The van der Waals surface area contributed by atoms with Gasteiger partial charge in [0, 0.05) is 41.0 Å². The van der Waals surface area contributed by atoms with Gasteiger partial charge in [0.05, 0.1) is 23.2 Å². The van der Waals surface area contributed by atoms with Crippen LogP contribution in [0.1, 0.15) is 28.8 Å². The first-order valence-electron chi connectivity index (χ1n) is 11.4. The molecule has 0 spiro atoms. The summed E-state index contributed by atoms with van der Waals surface area (Å²) in [6.07, 6.45) is 3.54. The molecule has 6 nitrogen and oxygen atoms in total. The topological polar surface area (TPSA) is 80.1 Å². The van der Waals surface area contributed by atoms with Gasteiger partial charge in [-0.15, -0.1) is 0 Å². The first-order chi connectivity index (χ1) is 16.1. The van der Waals surface area contributed by atoms with Crippen LogP contribution in [0.3, 0.4) is 0 Å². The molecule has 33 heavy (non-hydrogen) atoms. The molecule has 2 aromatic heterocycles. The number of rotatable bonds is 7. The number of hydrogen-bond donors (Lipinski definition) is 2. The van der Waals surface area contributed by atoms with E-state index in [9.17, 15) is 9.90 Å². The van der Waals surface area contributed by atoms with Crippen LogP contribution < -0.4 is 0 Å². The molecule has 6 heteroatoms. The van der Waals surface area contributed by atoms with Gasteiger partial charge < -0.3 is 19.4 Å². The molecule has 0 atom stereocenters. The number of imidazole rings is 1. The second kappa shape index (κ2) is 7.74. The van der Waals surface area contributed by atoms with E-state index in [0.717, 1.165) is 35.4 Å². The van der Waals surface area contributed by atoms with Crippen molar-refractivity contribution >= 4 is 38.8 Å². The highest BCUT2D eigenvalue weighted by Gasteiger charge is 2.27. The zero-order chi connectivity index (χ0) is 22.5. The van der Waals surface area contributed by atoms with Crippen molar-refractivity contribution in [1.29, 1.82) is 0 Å². The molecule has 0 radical (unpaired) electrons. The highest BCUT2D eigenvalue weighted by molar-refractivity contribution is 6.11. The lowest BCUT2D eigenvalue weighted by atomic mass is 9.95. The summed E-state index contributed by atoms with van der Waals surface area (Å²) in [6.45, 7) is 1.45. The standard InChI is InChI=1S/C27H25N3O3/c1-33-13-12-30-23-5-3-2-4-19(23)25-20(14-16-6-7-16)18(9-11-24(25)30)26-28-21-10-8-17(27(31)32)15-22(21)29-26/h2-5,8-11,15-16H,6-7,12-14H2,1H3,(H,28,29)(H,31,32). The summed E-state index contributed by atoms with van der Waals surface area (Å²) < 4.78 is 7.75. The van der Waals surface area contributed by atoms with Crippen molar-refractivity contribution in [1.82, 2.24) is 14.5 Å². The number of aromatic carboxylic acids is 1. The third-order valence-electron chi connectivity index (χ3n) is 6.74. The number of ether oxygens (including phenoxy) is 1. The Labute approximate surface area is 190 Å². The lowest BCUT2D eigenvalue weighted by Crippen LogP contribution is -2.04. The van der Waals surface area contributed by atoms with E-state index in [4.69, 9.17) is 9.72 Å². The van der Waals surface area contributed by atoms with Gasteiger partial charge >= 0.3 is 5.97 Å². The fraction of sp³-hybridized carbons (Fsp3) is 0.259. The number of fused-ring (bicyclic) bond motifs is 4. The van der Waals surface area contributed by atoms with Gasteiger partial charge in [0.15, 0.2) is 0 Å². The van der Waals surface area contributed by atoms with Crippen LogP contribution in [0.15, 0.2) is 54.6 Å². The number of hydrogen-bond acceptors (Lipinski definition) is 3. The van der Waals surface area contributed by atoms with E-state index in [1.807, 2.05) is 0 Å². The molecule has 166 valence electrons. The first kappa shape index (κ1) is 20.0. The largest absolute Gasteiger partial charge is 0.478 e. The van der Waals surface area contributed by atoms with Crippen LogP contribution in [0.4, 0.5) is 0 Å². The van der Waals surface area contributed by atoms with Crippen LogP contribution in [0.5, 0.6) is 0 Å². The molecule has 0 unspecified atom stereocenters. The molecular weight excluding hydrogens is 414 g/mol. The van der Waals surface area contributed by atoms with Gasteiger partial charge in [0.1, 0.15) is 5.82 Å². The third-order valence-corrected chi connectivity index (χ3v) is 6.74. The second-order valence-electron chi connectivity index (χ2n) is 8.92. The molecule has 3 aromatic carbocycles. The Balaban J connectivity index is 1.60. The van der Waals surface area contributed by atoms with Crippen molar-refractivity contribution < 1.29 is 14.6 Å². The number of aromatic amines is 1. The molecule has 1 aliphatic carbocycles. The van der Waals surface area contributed by atoms with Crippen LogP contribution in [-0.2, 0) is 17.7 Å². The minimum absolute atomic E-state index is 0.257. The zero-order valence-corrected chi connectivity index (χ0v) is 18.5. The summed E-state index contributed by atoms with van der Waals surface area (Å²) in [6, 6.07) is 18.0. The summed E-state index contributed by atoms with van der Waals surface area (Å²) in [4.78, 5) is 19.6. The predicted octanol–water partition coefficient (Wildman–Crippen LogP) is 5.63. The van der Waals surface area contributed by atoms with Crippen molar-refractivity contribution in [3.8, 4) is 11.4 Å². The van der Waals surface area contributed by atoms with Gasteiger partial charge in [0.25, 0.3) is 0 Å². The number of para-hydroxylation sites is 1. The monoisotopic (exact) mass is 439 g/mol.